The highest BCUT2D eigenvalue weighted by Gasteiger charge is 2.34. The Hall–Kier alpha value is -3.24. The molecule has 3 amide bonds. The SMILES string of the molecule is CCNC(=O)Nc1ccc(-c2nc3c(c(N4CCOCC4C)n2)CCN(C(=O)C2CCCO2)C3)cc1. The van der Waals surface area contributed by atoms with Crippen LogP contribution >= 0.6 is 0 Å². The first-order chi connectivity index (χ1) is 17.5. The molecule has 1 aromatic carbocycles. The number of anilines is 2. The molecule has 10 nitrogen and oxygen atoms in total. The summed E-state index contributed by atoms with van der Waals surface area (Å²) in [6.07, 6.45) is 2.08. The Bertz CT molecular complexity index is 1100. The topological polar surface area (TPSA) is 109 Å². The minimum atomic E-state index is -0.337. The lowest BCUT2D eigenvalue weighted by Crippen LogP contribution is -2.46. The first kappa shape index (κ1) is 24.5. The summed E-state index contributed by atoms with van der Waals surface area (Å²) in [4.78, 5) is 39.1. The van der Waals surface area contributed by atoms with Crippen LogP contribution in [-0.2, 0) is 27.2 Å². The Balaban J connectivity index is 1.46. The number of carbonyl (C=O) groups is 2. The van der Waals surface area contributed by atoms with E-state index in [1.54, 1.807) is 0 Å². The zero-order valence-corrected chi connectivity index (χ0v) is 21.0. The highest BCUT2D eigenvalue weighted by atomic mass is 16.5. The minimum Gasteiger partial charge on any atom is -0.377 e. The smallest absolute Gasteiger partial charge is 0.319 e. The first-order valence-corrected chi connectivity index (χ1v) is 12.8. The molecule has 4 heterocycles. The van der Waals surface area contributed by atoms with Crippen molar-refractivity contribution in [3.05, 3.63) is 35.5 Å². The highest BCUT2D eigenvalue weighted by Crippen LogP contribution is 2.32. The number of carbonyl (C=O) groups excluding carboxylic acids is 2. The second-order valence-corrected chi connectivity index (χ2v) is 9.49. The number of amides is 3. The van der Waals surface area contributed by atoms with Crippen LogP contribution in [0.2, 0.25) is 0 Å². The van der Waals surface area contributed by atoms with E-state index in [1.807, 2.05) is 36.1 Å². The second-order valence-electron chi connectivity index (χ2n) is 9.49. The molecule has 2 saturated heterocycles. The van der Waals surface area contributed by atoms with E-state index in [0.29, 0.717) is 57.4 Å². The van der Waals surface area contributed by atoms with Gasteiger partial charge in [-0.15, -0.1) is 0 Å². The lowest BCUT2D eigenvalue weighted by molar-refractivity contribution is -0.141. The Kier molecular flexibility index (Phi) is 7.33. The third-order valence-electron chi connectivity index (χ3n) is 6.94. The van der Waals surface area contributed by atoms with Gasteiger partial charge >= 0.3 is 6.03 Å². The number of fused-ring (bicyclic) bond motifs is 1. The van der Waals surface area contributed by atoms with E-state index in [0.717, 1.165) is 42.0 Å². The molecule has 2 unspecified atom stereocenters. The van der Waals surface area contributed by atoms with Gasteiger partial charge in [0.25, 0.3) is 5.91 Å². The fourth-order valence-electron chi connectivity index (χ4n) is 5.02. The van der Waals surface area contributed by atoms with Crippen LogP contribution in [0.5, 0.6) is 0 Å². The number of urea groups is 1. The van der Waals surface area contributed by atoms with E-state index >= 15 is 0 Å². The van der Waals surface area contributed by atoms with Gasteiger partial charge in [0.1, 0.15) is 11.9 Å². The van der Waals surface area contributed by atoms with Crippen molar-refractivity contribution in [1.29, 1.82) is 0 Å². The van der Waals surface area contributed by atoms with Crippen LogP contribution in [0.3, 0.4) is 0 Å². The van der Waals surface area contributed by atoms with Crippen molar-refractivity contribution < 1.29 is 19.1 Å². The van der Waals surface area contributed by atoms with Gasteiger partial charge in [-0.05, 0) is 57.4 Å². The molecule has 36 heavy (non-hydrogen) atoms. The molecule has 5 rings (SSSR count). The predicted molar refractivity (Wildman–Crippen MR) is 136 cm³/mol. The molecule has 2 atom stereocenters. The predicted octanol–water partition coefficient (Wildman–Crippen LogP) is 2.57. The number of ether oxygens (including phenoxy) is 2. The van der Waals surface area contributed by atoms with Crippen LogP contribution in [0.15, 0.2) is 24.3 Å². The summed E-state index contributed by atoms with van der Waals surface area (Å²) >= 11 is 0. The van der Waals surface area contributed by atoms with Crippen molar-refractivity contribution in [3.63, 3.8) is 0 Å². The quantitative estimate of drug-likeness (QED) is 0.658. The number of nitrogens with zero attached hydrogens (tertiary/aromatic N) is 4. The van der Waals surface area contributed by atoms with Gasteiger partial charge in [0.2, 0.25) is 0 Å². The molecule has 0 spiro atoms. The van der Waals surface area contributed by atoms with Gasteiger partial charge in [0, 0.05) is 43.1 Å². The van der Waals surface area contributed by atoms with E-state index in [9.17, 15) is 9.59 Å². The second kappa shape index (κ2) is 10.8. The van der Waals surface area contributed by atoms with Crippen molar-refractivity contribution in [2.75, 3.05) is 49.7 Å². The monoisotopic (exact) mass is 494 g/mol. The van der Waals surface area contributed by atoms with E-state index < -0.39 is 0 Å². The summed E-state index contributed by atoms with van der Waals surface area (Å²) in [5.41, 5.74) is 3.54. The van der Waals surface area contributed by atoms with Gasteiger partial charge in [-0.2, -0.15) is 0 Å². The summed E-state index contributed by atoms with van der Waals surface area (Å²) in [5, 5.41) is 5.54. The average molecular weight is 495 g/mol. The Morgan fingerprint density at radius 3 is 2.69 bits per heavy atom. The maximum absolute atomic E-state index is 13.1. The lowest BCUT2D eigenvalue weighted by Gasteiger charge is -2.38. The molecular weight excluding hydrogens is 460 g/mol. The van der Waals surface area contributed by atoms with Gasteiger partial charge in [0.05, 0.1) is 31.5 Å². The summed E-state index contributed by atoms with van der Waals surface area (Å²) < 4.78 is 11.3. The molecule has 2 aromatic rings. The summed E-state index contributed by atoms with van der Waals surface area (Å²) in [6.45, 7) is 8.38. The zero-order valence-electron chi connectivity index (χ0n) is 21.0. The number of benzene rings is 1. The minimum absolute atomic E-state index is 0.0559. The molecule has 0 aliphatic carbocycles. The first-order valence-electron chi connectivity index (χ1n) is 12.8. The number of aromatic nitrogens is 2. The van der Waals surface area contributed by atoms with Gasteiger partial charge in [0.15, 0.2) is 5.82 Å². The van der Waals surface area contributed by atoms with Crippen molar-refractivity contribution in [2.45, 2.75) is 51.8 Å². The van der Waals surface area contributed by atoms with Crippen LogP contribution in [0.4, 0.5) is 16.3 Å². The standard InChI is InChI=1S/C26H34N6O4/c1-3-27-26(34)28-19-8-6-18(7-9-19)23-29-21-15-31(25(33)22-5-4-13-36-22)11-10-20(21)24(30-23)32-12-14-35-16-17(32)2/h6-9,17,22H,3-5,10-16H2,1-2H3,(H2,27,28,34). The van der Waals surface area contributed by atoms with E-state index in [-0.39, 0.29) is 24.1 Å². The molecule has 3 aliphatic rings. The molecular formula is C26H34N6O4. The third-order valence-corrected chi connectivity index (χ3v) is 6.94. The number of morpholine rings is 1. The van der Waals surface area contributed by atoms with E-state index in [4.69, 9.17) is 19.4 Å². The number of rotatable bonds is 5. The number of hydrogen-bond acceptors (Lipinski definition) is 7. The third kappa shape index (κ3) is 5.15. The number of nitrogens with one attached hydrogen (secondary N) is 2. The van der Waals surface area contributed by atoms with Crippen LogP contribution in [0, 0.1) is 0 Å². The van der Waals surface area contributed by atoms with Crippen LogP contribution in [-0.4, -0.2) is 78.4 Å². The Labute approximate surface area is 211 Å². The van der Waals surface area contributed by atoms with E-state index in [1.165, 1.54) is 0 Å². The molecule has 2 N–H and O–H groups in total. The molecule has 3 aliphatic heterocycles. The van der Waals surface area contributed by atoms with Gasteiger partial charge in [-0.1, -0.05) is 0 Å². The molecule has 10 heteroatoms. The lowest BCUT2D eigenvalue weighted by atomic mass is 10.0. The zero-order chi connectivity index (χ0) is 25.1. The van der Waals surface area contributed by atoms with Crippen LogP contribution in [0.1, 0.15) is 37.9 Å². The van der Waals surface area contributed by atoms with Crippen molar-refractivity contribution in [2.24, 2.45) is 0 Å². The highest BCUT2D eigenvalue weighted by molar-refractivity contribution is 5.89. The average Bonchev–Trinajstić information content (AvgIpc) is 3.43. The van der Waals surface area contributed by atoms with Crippen molar-refractivity contribution in [3.8, 4) is 11.4 Å². The van der Waals surface area contributed by atoms with Crippen LogP contribution in [0.25, 0.3) is 11.4 Å². The van der Waals surface area contributed by atoms with Crippen molar-refractivity contribution >= 4 is 23.4 Å². The normalized spacial score (nSPS) is 21.7. The van der Waals surface area contributed by atoms with E-state index in [2.05, 4.69) is 22.5 Å². The Morgan fingerprint density at radius 2 is 1.97 bits per heavy atom. The largest absolute Gasteiger partial charge is 0.377 e. The van der Waals surface area contributed by atoms with Crippen LogP contribution < -0.4 is 15.5 Å². The molecule has 0 bridgehead atoms. The fraction of sp³-hybridized carbons (Fsp3) is 0.538. The van der Waals surface area contributed by atoms with Gasteiger partial charge < -0.3 is 29.9 Å². The van der Waals surface area contributed by atoms with Gasteiger partial charge in [-0.25, -0.2) is 14.8 Å². The maximum atomic E-state index is 13.1. The molecule has 1 aromatic heterocycles. The number of hydrogen-bond donors (Lipinski definition) is 2. The molecule has 2 fully saturated rings. The molecule has 0 saturated carbocycles. The van der Waals surface area contributed by atoms with Gasteiger partial charge in [-0.3, -0.25) is 4.79 Å². The fourth-order valence-corrected chi connectivity index (χ4v) is 5.02. The summed E-state index contributed by atoms with van der Waals surface area (Å²) in [6, 6.07) is 7.47. The summed E-state index contributed by atoms with van der Waals surface area (Å²) in [5.74, 6) is 1.60. The molecule has 192 valence electrons. The van der Waals surface area contributed by atoms with Crippen molar-refractivity contribution in [1.82, 2.24) is 20.2 Å². The maximum Gasteiger partial charge on any atom is 0.319 e. The Morgan fingerprint density at radius 1 is 1.14 bits per heavy atom. The summed E-state index contributed by atoms with van der Waals surface area (Å²) in [7, 11) is 0. The molecule has 0 radical (unpaired) electrons.